The van der Waals surface area contributed by atoms with Gasteiger partial charge in [0.15, 0.2) is 0 Å². The molecule has 1 aliphatic heterocycles. The van der Waals surface area contributed by atoms with Crippen LogP contribution in [0.2, 0.25) is 0 Å². The van der Waals surface area contributed by atoms with Gasteiger partial charge >= 0.3 is 5.97 Å². The van der Waals surface area contributed by atoms with Crippen molar-refractivity contribution in [2.24, 2.45) is 0 Å². The highest BCUT2D eigenvalue weighted by molar-refractivity contribution is 5.66. The number of hydrogen-bond donors (Lipinski definition) is 4. The van der Waals surface area contributed by atoms with Crippen molar-refractivity contribution in [3.63, 3.8) is 0 Å². The lowest BCUT2D eigenvalue weighted by atomic mass is 10.0. The predicted octanol–water partition coefficient (Wildman–Crippen LogP) is 2.90. The first-order valence-corrected chi connectivity index (χ1v) is 9.98. The summed E-state index contributed by atoms with van der Waals surface area (Å²) < 4.78 is 5.73. The third-order valence-corrected chi connectivity index (χ3v) is 4.47. The van der Waals surface area contributed by atoms with Crippen LogP contribution >= 0.6 is 0 Å². The second kappa shape index (κ2) is 14.3. The number of carboxylic acids is 1. The topological polar surface area (TPSA) is 107 Å². The molecule has 6 heteroatoms. The smallest absolute Gasteiger partial charge is 0.303 e. The monoisotopic (exact) mass is 394 g/mol. The van der Waals surface area contributed by atoms with Crippen LogP contribution in [0.5, 0.6) is 0 Å². The average molecular weight is 395 g/mol. The maximum atomic E-state index is 10.5. The first kappa shape index (κ1) is 24.3. The van der Waals surface area contributed by atoms with Gasteiger partial charge in [-0.3, -0.25) is 4.79 Å². The molecule has 1 aliphatic rings. The Balaban J connectivity index is 2.32. The molecule has 0 spiro atoms. The summed E-state index contributed by atoms with van der Waals surface area (Å²) >= 11 is 0. The number of carbonyl (C=O) groups is 1. The molecule has 1 fully saturated rings. The lowest BCUT2D eigenvalue weighted by molar-refractivity contribution is -0.137. The van der Waals surface area contributed by atoms with Gasteiger partial charge in [-0.25, -0.2) is 0 Å². The summed E-state index contributed by atoms with van der Waals surface area (Å²) in [5, 5.41) is 38.5. The Bertz CT molecular complexity index is 551. The number of aliphatic hydroxyl groups excluding tert-OH is 3. The molecule has 1 heterocycles. The van der Waals surface area contributed by atoms with Crippen LogP contribution in [0.1, 0.15) is 51.9 Å². The maximum Gasteiger partial charge on any atom is 0.303 e. The van der Waals surface area contributed by atoms with Crippen LogP contribution in [0.3, 0.4) is 0 Å². The number of aliphatic hydroxyl groups is 3. The van der Waals surface area contributed by atoms with Gasteiger partial charge in [0.1, 0.15) is 0 Å². The zero-order chi connectivity index (χ0) is 20.8. The Kier molecular flexibility index (Phi) is 12.4. The van der Waals surface area contributed by atoms with Crippen molar-refractivity contribution in [2.75, 3.05) is 0 Å². The van der Waals surface area contributed by atoms with Gasteiger partial charge in [-0.1, -0.05) is 55.5 Å². The molecule has 0 unspecified atom stereocenters. The Morgan fingerprint density at radius 2 is 1.71 bits per heavy atom. The lowest BCUT2D eigenvalue weighted by Gasteiger charge is -2.16. The van der Waals surface area contributed by atoms with E-state index in [9.17, 15) is 20.1 Å². The Morgan fingerprint density at radius 3 is 2.36 bits per heavy atom. The molecule has 0 saturated carbocycles. The number of carboxylic acid groups (broad SMARTS) is 1. The molecule has 0 bridgehead atoms. The van der Waals surface area contributed by atoms with Gasteiger partial charge in [-0.05, 0) is 32.1 Å². The minimum absolute atomic E-state index is 0.0868. The van der Waals surface area contributed by atoms with E-state index in [1.165, 1.54) is 12.2 Å². The van der Waals surface area contributed by atoms with E-state index in [1.807, 2.05) is 12.2 Å². The second-order valence-corrected chi connectivity index (χ2v) is 6.92. The van der Waals surface area contributed by atoms with E-state index in [0.717, 1.165) is 19.3 Å². The Hall–Kier alpha value is -1.73. The molecular weight excluding hydrogens is 360 g/mol. The van der Waals surface area contributed by atoms with Crippen LogP contribution in [-0.2, 0) is 9.53 Å². The van der Waals surface area contributed by atoms with Crippen molar-refractivity contribution < 1.29 is 30.0 Å². The fourth-order valence-electron chi connectivity index (χ4n) is 2.87. The third kappa shape index (κ3) is 10.6. The van der Waals surface area contributed by atoms with Gasteiger partial charge in [0.25, 0.3) is 0 Å². The molecular formula is C22H34O6. The van der Waals surface area contributed by atoms with Crippen LogP contribution < -0.4 is 0 Å². The van der Waals surface area contributed by atoms with Crippen molar-refractivity contribution in [3.8, 4) is 0 Å². The van der Waals surface area contributed by atoms with E-state index in [2.05, 4.69) is 31.2 Å². The minimum atomic E-state index is -0.977. The number of hydrogen-bond acceptors (Lipinski definition) is 5. The standard InChI is InChI=1S/C22H34O6/c1-2-3-4-5-6-7-8-9-10-11-20-19(25)16-21(28-20)18(24)14-12-17(23)13-15-22(26)27/h3-4,6-7,9-10,12,14,17-21,23-25H,2,5,8,11,13,15-16H2,1H3,(H,26,27)/b4-3-,7-6-,10-9-,14-12+/t17-,18+,19+,20+,21+/m0/s1. The molecule has 0 amide bonds. The normalized spacial score (nSPS) is 25.5. The first-order valence-electron chi connectivity index (χ1n) is 9.98. The van der Waals surface area contributed by atoms with Crippen molar-refractivity contribution in [2.45, 2.75) is 82.4 Å². The van der Waals surface area contributed by atoms with Crippen LogP contribution in [0.15, 0.2) is 48.6 Å². The summed E-state index contributed by atoms with van der Waals surface area (Å²) in [4.78, 5) is 10.5. The van der Waals surface area contributed by atoms with Crippen molar-refractivity contribution in [3.05, 3.63) is 48.6 Å². The molecule has 28 heavy (non-hydrogen) atoms. The van der Waals surface area contributed by atoms with E-state index in [4.69, 9.17) is 9.84 Å². The number of ether oxygens (including phenoxy) is 1. The van der Waals surface area contributed by atoms with Crippen molar-refractivity contribution >= 4 is 5.97 Å². The van der Waals surface area contributed by atoms with Gasteiger partial charge in [0.2, 0.25) is 0 Å². The highest BCUT2D eigenvalue weighted by Gasteiger charge is 2.36. The van der Waals surface area contributed by atoms with Crippen LogP contribution in [0, 0.1) is 0 Å². The fourth-order valence-corrected chi connectivity index (χ4v) is 2.87. The fraction of sp³-hybridized carbons (Fsp3) is 0.591. The van der Waals surface area contributed by atoms with Gasteiger partial charge in [0.05, 0.1) is 30.5 Å². The van der Waals surface area contributed by atoms with E-state index in [1.54, 1.807) is 0 Å². The van der Waals surface area contributed by atoms with Crippen LogP contribution in [0.4, 0.5) is 0 Å². The highest BCUT2D eigenvalue weighted by atomic mass is 16.5. The number of allylic oxidation sites excluding steroid dienone is 5. The summed E-state index contributed by atoms with van der Waals surface area (Å²) in [6, 6.07) is 0. The van der Waals surface area contributed by atoms with Crippen LogP contribution in [-0.4, -0.2) is 56.9 Å². The predicted molar refractivity (Wildman–Crippen MR) is 109 cm³/mol. The van der Waals surface area contributed by atoms with Gasteiger partial charge < -0.3 is 25.2 Å². The quantitative estimate of drug-likeness (QED) is 0.358. The first-order chi connectivity index (χ1) is 13.4. The van der Waals surface area contributed by atoms with E-state index < -0.39 is 30.4 Å². The lowest BCUT2D eigenvalue weighted by Crippen LogP contribution is -2.24. The molecule has 0 aromatic carbocycles. The molecule has 6 nitrogen and oxygen atoms in total. The summed E-state index contributed by atoms with van der Waals surface area (Å²) in [5.74, 6) is -0.977. The average Bonchev–Trinajstić information content (AvgIpc) is 3.03. The summed E-state index contributed by atoms with van der Waals surface area (Å²) in [6.45, 7) is 2.11. The van der Waals surface area contributed by atoms with Gasteiger partial charge in [-0.2, -0.15) is 0 Å². The Labute approximate surface area is 167 Å². The van der Waals surface area contributed by atoms with Gasteiger partial charge in [0, 0.05) is 12.8 Å². The Morgan fingerprint density at radius 1 is 1.07 bits per heavy atom. The van der Waals surface area contributed by atoms with E-state index in [0.29, 0.717) is 12.8 Å². The molecule has 5 atom stereocenters. The molecule has 1 rings (SSSR count). The third-order valence-electron chi connectivity index (χ3n) is 4.47. The molecule has 158 valence electrons. The SMILES string of the molecule is CC/C=C\C/C=C\C/C=C\C[C@H]1O[C@@H]([C@H](O)/C=C/[C@H](O)CCC(=O)O)C[C@H]1O. The molecule has 0 aromatic heterocycles. The summed E-state index contributed by atoms with van der Waals surface area (Å²) in [7, 11) is 0. The number of rotatable bonds is 13. The highest BCUT2D eigenvalue weighted by Crippen LogP contribution is 2.26. The molecule has 0 aromatic rings. The zero-order valence-electron chi connectivity index (χ0n) is 16.6. The molecule has 0 radical (unpaired) electrons. The second-order valence-electron chi connectivity index (χ2n) is 6.92. The summed E-state index contributed by atoms with van der Waals surface area (Å²) in [6.07, 6.45) is 15.5. The largest absolute Gasteiger partial charge is 0.481 e. The van der Waals surface area contributed by atoms with Crippen molar-refractivity contribution in [1.82, 2.24) is 0 Å². The van der Waals surface area contributed by atoms with Crippen LogP contribution in [0.25, 0.3) is 0 Å². The van der Waals surface area contributed by atoms with Gasteiger partial charge in [-0.15, -0.1) is 0 Å². The minimum Gasteiger partial charge on any atom is -0.481 e. The zero-order valence-corrected chi connectivity index (χ0v) is 16.6. The van der Waals surface area contributed by atoms with Crippen molar-refractivity contribution in [1.29, 1.82) is 0 Å². The molecule has 0 aliphatic carbocycles. The summed E-state index contributed by atoms with van der Waals surface area (Å²) in [5.41, 5.74) is 0. The molecule has 1 saturated heterocycles. The molecule has 4 N–H and O–H groups in total. The number of aliphatic carboxylic acids is 1. The van der Waals surface area contributed by atoms with E-state index in [-0.39, 0.29) is 18.9 Å². The maximum absolute atomic E-state index is 10.5. The van der Waals surface area contributed by atoms with E-state index >= 15 is 0 Å².